The number of aromatic nitrogens is 1. The predicted molar refractivity (Wildman–Crippen MR) is 74.7 cm³/mol. The van der Waals surface area contributed by atoms with E-state index in [1.54, 1.807) is 18.5 Å². The summed E-state index contributed by atoms with van der Waals surface area (Å²) in [6, 6.07) is 7.60. The Balaban J connectivity index is 2.24. The molecule has 0 amide bonds. The summed E-state index contributed by atoms with van der Waals surface area (Å²) < 4.78 is 12.3. The minimum Gasteiger partial charge on any atom is -0.398 e. The first-order chi connectivity index (χ1) is 8.56. The lowest BCUT2D eigenvalue weighted by atomic mass is 10.2. The van der Waals surface area contributed by atoms with Gasteiger partial charge in [-0.2, -0.15) is 0 Å². The Labute approximate surface area is 110 Å². The molecule has 0 radical (unpaired) electrons. The summed E-state index contributed by atoms with van der Waals surface area (Å²) in [6.07, 6.45) is 3.53. The smallest absolute Gasteiger partial charge is 0.0623 e. The Morgan fingerprint density at radius 2 is 1.94 bits per heavy atom. The first-order valence-corrected chi connectivity index (χ1v) is 7.03. The van der Waals surface area contributed by atoms with E-state index in [1.165, 1.54) is 0 Å². The standard InChI is InChI=1S/C14H16N2OS/c1-10-3-4-13(15)14(6-10)18(17)9-12-5-11(2)7-16-8-12/h3-8H,9,15H2,1-2H3. The van der Waals surface area contributed by atoms with Gasteiger partial charge in [-0.25, -0.2) is 0 Å². The molecule has 2 aromatic rings. The third kappa shape index (κ3) is 2.96. The van der Waals surface area contributed by atoms with E-state index >= 15 is 0 Å². The molecular weight excluding hydrogens is 244 g/mol. The van der Waals surface area contributed by atoms with Crippen molar-refractivity contribution in [2.24, 2.45) is 0 Å². The fourth-order valence-electron chi connectivity index (χ4n) is 1.76. The van der Waals surface area contributed by atoms with Crippen LogP contribution in [0.4, 0.5) is 5.69 Å². The molecule has 1 unspecified atom stereocenters. The Kier molecular flexibility index (Phi) is 3.77. The van der Waals surface area contributed by atoms with Crippen molar-refractivity contribution in [2.75, 3.05) is 5.73 Å². The largest absolute Gasteiger partial charge is 0.398 e. The summed E-state index contributed by atoms with van der Waals surface area (Å²) in [4.78, 5) is 4.81. The van der Waals surface area contributed by atoms with Gasteiger partial charge in [0.15, 0.2) is 0 Å². The van der Waals surface area contributed by atoms with Crippen LogP contribution in [-0.2, 0) is 16.6 Å². The average molecular weight is 260 g/mol. The molecule has 3 nitrogen and oxygen atoms in total. The fraction of sp³-hybridized carbons (Fsp3) is 0.214. The van der Waals surface area contributed by atoms with Gasteiger partial charge in [-0.05, 0) is 42.7 Å². The highest BCUT2D eigenvalue weighted by atomic mass is 32.2. The first kappa shape index (κ1) is 12.8. The normalized spacial score (nSPS) is 12.3. The van der Waals surface area contributed by atoms with Gasteiger partial charge in [0.05, 0.1) is 21.4 Å². The minimum absolute atomic E-state index is 0.447. The number of anilines is 1. The molecule has 0 aliphatic rings. The van der Waals surface area contributed by atoms with Crippen LogP contribution in [0.25, 0.3) is 0 Å². The molecule has 94 valence electrons. The maximum atomic E-state index is 12.3. The molecule has 0 fully saturated rings. The molecule has 1 atom stereocenters. The Morgan fingerprint density at radius 3 is 2.67 bits per heavy atom. The molecule has 0 bridgehead atoms. The van der Waals surface area contributed by atoms with Crippen LogP contribution >= 0.6 is 0 Å². The summed E-state index contributed by atoms with van der Waals surface area (Å²) in [5.41, 5.74) is 9.55. The molecule has 4 heteroatoms. The zero-order valence-corrected chi connectivity index (χ0v) is 11.3. The number of nitrogens with zero attached hydrogens (tertiary/aromatic N) is 1. The number of pyridine rings is 1. The molecule has 18 heavy (non-hydrogen) atoms. The van der Waals surface area contributed by atoms with Crippen LogP contribution in [0.2, 0.25) is 0 Å². The number of nitrogen functional groups attached to an aromatic ring is 1. The van der Waals surface area contributed by atoms with Crippen LogP contribution in [0.1, 0.15) is 16.7 Å². The molecule has 1 aromatic heterocycles. The van der Waals surface area contributed by atoms with Crippen LogP contribution < -0.4 is 5.73 Å². The van der Waals surface area contributed by atoms with Crippen LogP contribution in [0.3, 0.4) is 0 Å². The second kappa shape index (κ2) is 5.31. The highest BCUT2D eigenvalue weighted by Gasteiger charge is 2.09. The second-order valence-electron chi connectivity index (χ2n) is 4.40. The quantitative estimate of drug-likeness (QED) is 0.863. The number of rotatable bonds is 3. The van der Waals surface area contributed by atoms with Crippen molar-refractivity contribution in [2.45, 2.75) is 24.5 Å². The lowest BCUT2D eigenvalue weighted by Crippen LogP contribution is -2.02. The molecule has 2 rings (SSSR count). The van der Waals surface area contributed by atoms with Crippen molar-refractivity contribution in [1.29, 1.82) is 0 Å². The highest BCUT2D eigenvalue weighted by Crippen LogP contribution is 2.20. The Morgan fingerprint density at radius 1 is 1.17 bits per heavy atom. The van der Waals surface area contributed by atoms with Gasteiger partial charge in [-0.3, -0.25) is 9.19 Å². The Hall–Kier alpha value is -1.68. The summed E-state index contributed by atoms with van der Waals surface area (Å²) in [7, 11) is -1.13. The van der Waals surface area contributed by atoms with Crippen LogP contribution in [0.5, 0.6) is 0 Å². The van der Waals surface area contributed by atoms with Gasteiger partial charge in [-0.15, -0.1) is 0 Å². The number of benzene rings is 1. The first-order valence-electron chi connectivity index (χ1n) is 5.71. The lowest BCUT2D eigenvalue weighted by molar-refractivity contribution is 0.682. The van der Waals surface area contributed by atoms with Crippen LogP contribution in [-0.4, -0.2) is 9.19 Å². The zero-order chi connectivity index (χ0) is 13.1. The van der Waals surface area contributed by atoms with E-state index in [1.807, 2.05) is 32.0 Å². The van der Waals surface area contributed by atoms with Gasteiger partial charge in [0.1, 0.15) is 0 Å². The van der Waals surface area contributed by atoms with Crippen molar-refractivity contribution in [3.63, 3.8) is 0 Å². The second-order valence-corrected chi connectivity index (χ2v) is 5.82. The van der Waals surface area contributed by atoms with Crippen LogP contribution in [0.15, 0.2) is 41.6 Å². The van der Waals surface area contributed by atoms with Crippen LogP contribution in [0, 0.1) is 13.8 Å². The summed E-state index contributed by atoms with van der Waals surface area (Å²) in [5, 5.41) is 0. The van der Waals surface area contributed by atoms with Gasteiger partial charge >= 0.3 is 0 Å². The molecule has 1 heterocycles. The maximum Gasteiger partial charge on any atom is 0.0623 e. The van der Waals surface area contributed by atoms with Gasteiger partial charge in [0, 0.05) is 18.1 Å². The van der Waals surface area contributed by atoms with Gasteiger partial charge < -0.3 is 5.73 Å². The van der Waals surface area contributed by atoms with Gasteiger partial charge in [-0.1, -0.05) is 12.1 Å². The van der Waals surface area contributed by atoms with Crippen molar-refractivity contribution < 1.29 is 4.21 Å². The molecule has 0 saturated heterocycles. The van der Waals surface area contributed by atoms with Gasteiger partial charge in [0.25, 0.3) is 0 Å². The summed E-state index contributed by atoms with van der Waals surface area (Å²) in [5.74, 6) is 0.447. The highest BCUT2D eigenvalue weighted by molar-refractivity contribution is 7.84. The maximum absolute atomic E-state index is 12.3. The molecule has 2 N–H and O–H groups in total. The molecule has 0 saturated carbocycles. The molecular formula is C14H16N2OS. The van der Waals surface area contributed by atoms with E-state index in [0.29, 0.717) is 16.3 Å². The lowest BCUT2D eigenvalue weighted by Gasteiger charge is -2.07. The van der Waals surface area contributed by atoms with E-state index in [9.17, 15) is 4.21 Å². The number of hydrogen-bond donors (Lipinski definition) is 1. The van der Waals surface area contributed by atoms with Crippen molar-refractivity contribution in [3.05, 3.63) is 53.3 Å². The molecule has 1 aromatic carbocycles. The van der Waals surface area contributed by atoms with Crippen molar-refractivity contribution in [1.82, 2.24) is 4.98 Å². The van der Waals surface area contributed by atoms with E-state index in [2.05, 4.69) is 4.98 Å². The average Bonchev–Trinajstić information content (AvgIpc) is 2.32. The van der Waals surface area contributed by atoms with E-state index < -0.39 is 10.8 Å². The summed E-state index contributed by atoms with van der Waals surface area (Å²) in [6.45, 7) is 3.94. The molecule has 0 aliphatic heterocycles. The molecule has 0 aliphatic carbocycles. The monoisotopic (exact) mass is 260 g/mol. The SMILES string of the molecule is Cc1cncc(CS(=O)c2cc(C)ccc2N)c1. The zero-order valence-electron chi connectivity index (χ0n) is 10.5. The van der Waals surface area contributed by atoms with E-state index in [0.717, 1.165) is 16.7 Å². The minimum atomic E-state index is -1.13. The Bertz CT molecular complexity index is 596. The topological polar surface area (TPSA) is 56.0 Å². The third-order valence-corrected chi connectivity index (χ3v) is 4.08. The van der Waals surface area contributed by atoms with E-state index in [-0.39, 0.29) is 0 Å². The van der Waals surface area contributed by atoms with Crippen molar-refractivity contribution in [3.8, 4) is 0 Å². The number of aryl methyl sites for hydroxylation is 2. The predicted octanol–water partition coefficient (Wildman–Crippen LogP) is 2.59. The number of hydrogen-bond acceptors (Lipinski definition) is 3. The third-order valence-electron chi connectivity index (χ3n) is 2.64. The van der Waals surface area contributed by atoms with Crippen molar-refractivity contribution >= 4 is 16.5 Å². The molecule has 0 spiro atoms. The fourth-order valence-corrected chi connectivity index (χ4v) is 3.03. The van der Waals surface area contributed by atoms with Gasteiger partial charge in [0.2, 0.25) is 0 Å². The van der Waals surface area contributed by atoms with E-state index in [4.69, 9.17) is 5.73 Å². The summed E-state index contributed by atoms with van der Waals surface area (Å²) >= 11 is 0. The number of nitrogens with two attached hydrogens (primary N) is 1.